The molecule has 1 amide bonds. The van der Waals surface area contributed by atoms with Crippen molar-refractivity contribution in [2.24, 2.45) is 5.41 Å². The highest BCUT2D eigenvalue weighted by Gasteiger charge is 2.28. The third kappa shape index (κ3) is 3.09. The van der Waals surface area contributed by atoms with E-state index in [-0.39, 0.29) is 5.91 Å². The summed E-state index contributed by atoms with van der Waals surface area (Å²) < 4.78 is 0. The van der Waals surface area contributed by atoms with Crippen molar-refractivity contribution < 1.29 is 4.79 Å². The van der Waals surface area contributed by atoms with Crippen LogP contribution in [-0.2, 0) is 0 Å². The van der Waals surface area contributed by atoms with Crippen molar-refractivity contribution in [2.75, 3.05) is 25.5 Å². The molecule has 0 radical (unpaired) electrons. The number of anilines is 1. The summed E-state index contributed by atoms with van der Waals surface area (Å²) in [6.45, 7) is 8.31. The average Bonchev–Trinajstić information content (AvgIpc) is 2.37. The van der Waals surface area contributed by atoms with Gasteiger partial charge in [0.1, 0.15) is 0 Å². The number of carbonyl (C=O) groups is 1. The van der Waals surface area contributed by atoms with Gasteiger partial charge in [-0.2, -0.15) is 0 Å². The molecule has 19 heavy (non-hydrogen) atoms. The van der Waals surface area contributed by atoms with E-state index in [9.17, 15) is 4.79 Å². The Hall–Kier alpha value is -1.51. The molecule has 1 aliphatic heterocycles. The first kappa shape index (κ1) is 13.9. The molecule has 0 spiro atoms. The third-order valence-corrected chi connectivity index (χ3v) is 4.15. The summed E-state index contributed by atoms with van der Waals surface area (Å²) in [5, 5.41) is 3.10. The van der Waals surface area contributed by atoms with Crippen molar-refractivity contribution in [1.29, 1.82) is 0 Å². The van der Waals surface area contributed by atoms with E-state index < -0.39 is 0 Å². The largest absolute Gasteiger partial charge is 0.388 e. The fourth-order valence-electron chi connectivity index (χ4n) is 2.54. The number of nitrogens with zero attached hydrogens (tertiary/aromatic N) is 1. The van der Waals surface area contributed by atoms with Crippen LogP contribution in [0.4, 0.5) is 5.69 Å². The van der Waals surface area contributed by atoms with Crippen LogP contribution in [-0.4, -0.2) is 30.9 Å². The number of aryl methyl sites for hydroxylation is 1. The maximum Gasteiger partial charge on any atom is 0.254 e. The summed E-state index contributed by atoms with van der Waals surface area (Å²) in [7, 11) is 1.89. The third-order valence-electron chi connectivity index (χ3n) is 4.15. The quantitative estimate of drug-likeness (QED) is 0.885. The monoisotopic (exact) mass is 260 g/mol. The smallest absolute Gasteiger partial charge is 0.254 e. The molecule has 0 saturated carbocycles. The van der Waals surface area contributed by atoms with Gasteiger partial charge in [0.15, 0.2) is 0 Å². The number of hydrogen-bond acceptors (Lipinski definition) is 2. The second-order valence-corrected chi connectivity index (χ2v) is 6.24. The van der Waals surface area contributed by atoms with Crippen molar-refractivity contribution >= 4 is 11.6 Å². The first-order valence-corrected chi connectivity index (χ1v) is 7.01. The van der Waals surface area contributed by atoms with E-state index in [0.717, 1.165) is 42.7 Å². The van der Waals surface area contributed by atoms with Crippen LogP contribution >= 0.6 is 0 Å². The number of carbonyl (C=O) groups excluding carboxylic acids is 1. The van der Waals surface area contributed by atoms with E-state index >= 15 is 0 Å². The predicted octanol–water partition coefficient (Wildman–Crippen LogP) is 3.30. The van der Waals surface area contributed by atoms with Crippen LogP contribution in [0.5, 0.6) is 0 Å². The Balaban J connectivity index is 2.12. The molecule has 3 heteroatoms. The minimum absolute atomic E-state index is 0.177. The van der Waals surface area contributed by atoms with Gasteiger partial charge < -0.3 is 10.2 Å². The average molecular weight is 260 g/mol. The lowest BCUT2D eigenvalue weighted by atomic mass is 9.82. The number of piperidine rings is 1. The maximum absolute atomic E-state index is 12.5. The first-order valence-electron chi connectivity index (χ1n) is 7.01. The Morgan fingerprint density at radius 2 is 1.89 bits per heavy atom. The van der Waals surface area contributed by atoms with Gasteiger partial charge in [-0.1, -0.05) is 13.8 Å². The molecule has 3 nitrogen and oxygen atoms in total. The van der Waals surface area contributed by atoms with Crippen LogP contribution in [0.25, 0.3) is 0 Å². The molecule has 1 N–H and O–H groups in total. The lowest BCUT2D eigenvalue weighted by molar-refractivity contribution is 0.0629. The van der Waals surface area contributed by atoms with Gasteiger partial charge in [0.2, 0.25) is 0 Å². The van der Waals surface area contributed by atoms with E-state index in [1.54, 1.807) is 0 Å². The van der Waals surface area contributed by atoms with E-state index in [2.05, 4.69) is 19.2 Å². The van der Waals surface area contributed by atoms with Crippen molar-refractivity contribution in [3.8, 4) is 0 Å². The molecular weight excluding hydrogens is 236 g/mol. The standard InChI is InChI=1S/C16H24N2O/c1-12-11-13(17-4)5-6-14(12)15(19)18-9-7-16(2,3)8-10-18/h5-6,11,17H,7-10H2,1-4H3. The van der Waals surface area contributed by atoms with Gasteiger partial charge in [-0.3, -0.25) is 4.79 Å². The summed E-state index contributed by atoms with van der Waals surface area (Å²) in [5.74, 6) is 0.177. The fourth-order valence-corrected chi connectivity index (χ4v) is 2.54. The molecule has 1 aromatic rings. The fraction of sp³-hybridized carbons (Fsp3) is 0.562. The lowest BCUT2D eigenvalue weighted by Gasteiger charge is -2.37. The minimum Gasteiger partial charge on any atom is -0.388 e. The molecule has 1 saturated heterocycles. The van der Waals surface area contributed by atoms with Gasteiger partial charge in [0.05, 0.1) is 0 Å². The zero-order chi connectivity index (χ0) is 14.0. The number of benzene rings is 1. The van der Waals surface area contributed by atoms with Crippen LogP contribution in [0.1, 0.15) is 42.6 Å². The number of nitrogens with one attached hydrogen (secondary N) is 1. The van der Waals surface area contributed by atoms with Crippen molar-refractivity contribution in [1.82, 2.24) is 4.90 Å². The van der Waals surface area contributed by atoms with Gasteiger partial charge in [0.25, 0.3) is 5.91 Å². The Kier molecular flexibility index (Phi) is 3.83. The van der Waals surface area contributed by atoms with Crippen LogP contribution in [0.2, 0.25) is 0 Å². The van der Waals surface area contributed by atoms with Crippen LogP contribution in [0.3, 0.4) is 0 Å². The molecule has 2 rings (SSSR count). The molecule has 0 aliphatic carbocycles. The molecule has 0 atom stereocenters. The minimum atomic E-state index is 0.177. The Bertz CT molecular complexity index is 470. The molecule has 0 unspecified atom stereocenters. The molecule has 1 fully saturated rings. The van der Waals surface area contributed by atoms with Crippen molar-refractivity contribution in [3.63, 3.8) is 0 Å². The van der Waals surface area contributed by atoms with Gasteiger partial charge in [-0.25, -0.2) is 0 Å². The summed E-state index contributed by atoms with van der Waals surface area (Å²) >= 11 is 0. The zero-order valence-electron chi connectivity index (χ0n) is 12.4. The normalized spacial score (nSPS) is 18.2. The number of hydrogen-bond donors (Lipinski definition) is 1. The predicted molar refractivity (Wildman–Crippen MR) is 79.6 cm³/mol. The molecular formula is C16H24N2O. The van der Waals surface area contributed by atoms with Crippen molar-refractivity contribution in [3.05, 3.63) is 29.3 Å². The van der Waals surface area contributed by atoms with Crippen LogP contribution < -0.4 is 5.32 Å². The first-order chi connectivity index (χ1) is 8.93. The molecule has 0 aromatic heterocycles. The van der Waals surface area contributed by atoms with Gasteiger partial charge in [-0.05, 0) is 48.9 Å². The van der Waals surface area contributed by atoms with Crippen LogP contribution in [0.15, 0.2) is 18.2 Å². The molecule has 1 heterocycles. The Morgan fingerprint density at radius 1 is 1.26 bits per heavy atom. The van der Waals surface area contributed by atoms with Crippen molar-refractivity contribution in [2.45, 2.75) is 33.6 Å². The Labute approximate surface area is 116 Å². The van der Waals surface area contributed by atoms with Gasteiger partial charge >= 0.3 is 0 Å². The SMILES string of the molecule is CNc1ccc(C(=O)N2CCC(C)(C)CC2)c(C)c1. The highest BCUT2D eigenvalue weighted by atomic mass is 16.2. The molecule has 1 aromatic carbocycles. The van der Waals surface area contributed by atoms with Gasteiger partial charge in [-0.15, -0.1) is 0 Å². The van der Waals surface area contributed by atoms with Crippen LogP contribution in [0, 0.1) is 12.3 Å². The maximum atomic E-state index is 12.5. The molecule has 1 aliphatic rings. The second-order valence-electron chi connectivity index (χ2n) is 6.24. The zero-order valence-corrected chi connectivity index (χ0v) is 12.4. The van der Waals surface area contributed by atoms with E-state index in [1.807, 2.05) is 37.1 Å². The number of likely N-dealkylation sites (tertiary alicyclic amines) is 1. The second kappa shape index (κ2) is 5.24. The summed E-state index contributed by atoms with van der Waals surface area (Å²) in [5.41, 5.74) is 3.30. The summed E-state index contributed by atoms with van der Waals surface area (Å²) in [6.07, 6.45) is 2.18. The summed E-state index contributed by atoms with van der Waals surface area (Å²) in [6, 6.07) is 5.93. The highest BCUT2D eigenvalue weighted by molar-refractivity contribution is 5.96. The lowest BCUT2D eigenvalue weighted by Crippen LogP contribution is -2.41. The Morgan fingerprint density at radius 3 is 2.42 bits per heavy atom. The van der Waals surface area contributed by atoms with E-state index in [4.69, 9.17) is 0 Å². The molecule has 0 bridgehead atoms. The summed E-state index contributed by atoms with van der Waals surface area (Å²) in [4.78, 5) is 14.5. The topological polar surface area (TPSA) is 32.3 Å². The van der Waals surface area contributed by atoms with Gasteiger partial charge in [0, 0.05) is 31.4 Å². The number of rotatable bonds is 2. The van der Waals surface area contributed by atoms with E-state index in [0.29, 0.717) is 5.41 Å². The van der Waals surface area contributed by atoms with E-state index in [1.165, 1.54) is 0 Å². The molecule has 104 valence electrons. The highest BCUT2D eigenvalue weighted by Crippen LogP contribution is 2.30. The number of amides is 1.